The SMILES string of the molecule is Cl.O=C(NC1CCNCC1)c1ccc(SCc2ccccc2)cc1. The summed E-state index contributed by atoms with van der Waals surface area (Å²) < 4.78 is 0. The normalized spacial score (nSPS) is 14.7. The summed E-state index contributed by atoms with van der Waals surface area (Å²) in [5.74, 6) is 0.984. The molecule has 1 saturated heterocycles. The van der Waals surface area contributed by atoms with E-state index < -0.39 is 0 Å². The molecule has 0 saturated carbocycles. The summed E-state index contributed by atoms with van der Waals surface area (Å²) in [6.45, 7) is 1.97. The Balaban J connectivity index is 0.00000208. The highest BCUT2D eigenvalue weighted by Gasteiger charge is 2.16. The second-order valence-corrected chi connectivity index (χ2v) is 6.85. The second-order valence-electron chi connectivity index (χ2n) is 5.80. The molecule has 3 rings (SSSR count). The number of rotatable bonds is 5. The van der Waals surface area contributed by atoms with Crippen LogP contribution in [-0.4, -0.2) is 25.0 Å². The van der Waals surface area contributed by atoms with Crippen LogP contribution in [0.4, 0.5) is 0 Å². The number of carbonyl (C=O) groups is 1. The van der Waals surface area contributed by atoms with E-state index in [4.69, 9.17) is 0 Å². The highest BCUT2D eigenvalue weighted by molar-refractivity contribution is 7.98. The lowest BCUT2D eigenvalue weighted by Crippen LogP contribution is -2.42. The fourth-order valence-corrected chi connectivity index (χ4v) is 3.53. The third-order valence-corrected chi connectivity index (χ3v) is 5.12. The van der Waals surface area contributed by atoms with Gasteiger partial charge in [-0.05, 0) is 55.8 Å². The molecule has 0 spiro atoms. The van der Waals surface area contributed by atoms with Crippen LogP contribution in [0.3, 0.4) is 0 Å². The van der Waals surface area contributed by atoms with Gasteiger partial charge in [0.25, 0.3) is 5.91 Å². The lowest BCUT2D eigenvalue weighted by molar-refractivity contribution is 0.0929. The highest BCUT2D eigenvalue weighted by atomic mass is 35.5. The van der Waals surface area contributed by atoms with Crippen molar-refractivity contribution in [1.29, 1.82) is 0 Å². The van der Waals surface area contributed by atoms with Gasteiger partial charge in [0.15, 0.2) is 0 Å². The van der Waals surface area contributed by atoms with Crippen molar-refractivity contribution in [2.75, 3.05) is 13.1 Å². The van der Waals surface area contributed by atoms with Crippen LogP contribution < -0.4 is 10.6 Å². The molecule has 3 nitrogen and oxygen atoms in total. The van der Waals surface area contributed by atoms with Gasteiger partial charge in [-0.1, -0.05) is 30.3 Å². The molecule has 0 bridgehead atoms. The van der Waals surface area contributed by atoms with Gasteiger partial charge in [0, 0.05) is 22.3 Å². The number of piperidine rings is 1. The van der Waals surface area contributed by atoms with Gasteiger partial charge in [-0.25, -0.2) is 0 Å². The lowest BCUT2D eigenvalue weighted by Gasteiger charge is -2.23. The first-order valence-corrected chi connectivity index (χ1v) is 9.08. The molecule has 0 radical (unpaired) electrons. The number of carbonyl (C=O) groups excluding carboxylic acids is 1. The maximum atomic E-state index is 12.3. The maximum absolute atomic E-state index is 12.3. The first-order valence-electron chi connectivity index (χ1n) is 8.09. The maximum Gasteiger partial charge on any atom is 0.251 e. The summed E-state index contributed by atoms with van der Waals surface area (Å²) in [6.07, 6.45) is 2.02. The topological polar surface area (TPSA) is 41.1 Å². The summed E-state index contributed by atoms with van der Waals surface area (Å²) in [5.41, 5.74) is 2.05. The fourth-order valence-electron chi connectivity index (χ4n) is 2.68. The van der Waals surface area contributed by atoms with E-state index in [0.29, 0.717) is 6.04 Å². The van der Waals surface area contributed by atoms with E-state index in [-0.39, 0.29) is 18.3 Å². The first-order chi connectivity index (χ1) is 11.3. The van der Waals surface area contributed by atoms with Crippen molar-refractivity contribution in [3.63, 3.8) is 0 Å². The molecule has 2 N–H and O–H groups in total. The van der Waals surface area contributed by atoms with Crippen LogP contribution >= 0.6 is 24.2 Å². The molecule has 1 aliphatic rings. The Labute approximate surface area is 154 Å². The van der Waals surface area contributed by atoms with Crippen LogP contribution in [-0.2, 0) is 5.75 Å². The summed E-state index contributed by atoms with van der Waals surface area (Å²) >= 11 is 1.79. The monoisotopic (exact) mass is 362 g/mol. The minimum absolute atomic E-state index is 0. The number of benzene rings is 2. The highest BCUT2D eigenvalue weighted by Crippen LogP contribution is 2.23. The van der Waals surface area contributed by atoms with Crippen LogP contribution in [0.1, 0.15) is 28.8 Å². The molecule has 0 aromatic heterocycles. The molecular formula is C19H23ClN2OS. The Hall–Kier alpha value is -1.49. The molecule has 0 aliphatic carbocycles. The van der Waals surface area contributed by atoms with Gasteiger partial charge in [-0.3, -0.25) is 4.79 Å². The zero-order valence-electron chi connectivity index (χ0n) is 13.5. The number of hydrogen-bond donors (Lipinski definition) is 2. The number of thioether (sulfide) groups is 1. The molecule has 1 amide bonds. The number of halogens is 1. The van der Waals surface area contributed by atoms with Gasteiger partial charge in [-0.2, -0.15) is 0 Å². The minimum atomic E-state index is 0. The van der Waals surface area contributed by atoms with Crippen molar-refractivity contribution in [3.05, 3.63) is 65.7 Å². The van der Waals surface area contributed by atoms with Crippen LogP contribution in [0.15, 0.2) is 59.5 Å². The largest absolute Gasteiger partial charge is 0.349 e. The number of amides is 1. The standard InChI is InChI=1S/C19H22N2OS.ClH/c22-19(21-17-10-12-20-13-11-17)16-6-8-18(9-7-16)23-14-15-4-2-1-3-5-15;/h1-9,17,20H,10-14H2,(H,21,22);1H. The summed E-state index contributed by atoms with van der Waals surface area (Å²) in [5, 5.41) is 6.44. The molecular weight excluding hydrogens is 340 g/mol. The molecule has 1 aliphatic heterocycles. The Morgan fingerprint density at radius 3 is 2.38 bits per heavy atom. The molecule has 2 aromatic rings. The van der Waals surface area contributed by atoms with E-state index in [1.54, 1.807) is 11.8 Å². The Bertz CT molecular complexity index is 628. The Morgan fingerprint density at radius 1 is 1.04 bits per heavy atom. The molecule has 2 aromatic carbocycles. The van der Waals surface area contributed by atoms with Gasteiger partial charge < -0.3 is 10.6 Å². The smallest absolute Gasteiger partial charge is 0.251 e. The average molecular weight is 363 g/mol. The first kappa shape index (κ1) is 18.8. The van der Waals surface area contributed by atoms with Gasteiger partial charge in [-0.15, -0.1) is 24.2 Å². The van der Waals surface area contributed by atoms with Crippen LogP contribution in [0.5, 0.6) is 0 Å². The predicted molar refractivity (Wildman–Crippen MR) is 103 cm³/mol. The third-order valence-electron chi connectivity index (χ3n) is 4.04. The quantitative estimate of drug-likeness (QED) is 0.793. The van der Waals surface area contributed by atoms with Gasteiger partial charge in [0.1, 0.15) is 0 Å². The van der Waals surface area contributed by atoms with Crippen molar-refractivity contribution in [1.82, 2.24) is 10.6 Å². The van der Waals surface area contributed by atoms with Crippen molar-refractivity contribution in [3.8, 4) is 0 Å². The fraction of sp³-hybridized carbons (Fsp3) is 0.316. The van der Waals surface area contributed by atoms with E-state index >= 15 is 0 Å². The summed E-state index contributed by atoms with van der Waals surface area (Å²) in [6, 6.07) is 18.6. The second kappa shape index (κ2) is 9.72. The Morgan fingerprint density at radius 2 is 1.71 bits per heavy atom. The van der Waals surface area contributed by atoms with E-state index in [0.717, 1.165) is 37.2 Å². The van der Waals surface area contributed by atoms with Gasteiger partial charge in [0.2, 0.25) is 0 Å². The molecule has 1 fully saturated rings. The molecule has 0 unspecified atom stereocenters. The van der Waals surface area contributed by atoms with Gasteiger partial charge in [0.05, 0.1) is 0 Å². The van der Waals surface area contributed by atoms with Crippen molar-refractivity contribution >= 4 is 30.1 Å². The predicted octanol–water partition coefficient (Wildman–Crippen LogP) is 3.88. The lowest BCUT2D eigenvalue weighted by atomic mass is 10.1. The van der Waals surface area contributed by atoms with Crippen molar-refractivity contribution in [2.24, 2.45) is 0 Å². The number of hydrogen-bond acceptors (Lipinski definition) is 3. The zero-order chi connectivity index (χ0) is 15.9. The van der Waals surface area contributed by atoms with E-state index in [9.17, 15) is 4.79 Å². The molecule has 0 atom stereocenters. The molecule has 1 heterocycles. The molecule has 24 heavy (non-hydrogen) atoms. The Kier molecular flexibility index (Phi) is 7.63. The van der Waals surface area contributed by atoms with E-state index in [2.05, 4.69) is 34.9 Å². The third kappa shape index (κ3) is 5.55. The summed E-state index contributed by atoms with van der Waals surface area (Å²) in [7, 11) is 0. The number of nitrogens with one attached hydrogen (secondary N) is 2. The molecule has 128 valence electrons. The van der Waals surface area contributed by atoms with Gasteiger partial charge >= 0.3 is 0 Å². The van der Waals surface area contributed by atoms with Crippen LogP contribution in [0.25, 0.3) is 0 Å². The average Bonchev–Trinajstić information content (AvgIpc) is 2.62. The summed E-state index contributed by atoms with van der Waals surface area (Å²) in [4.78, 5) is 13.5. The minimum Gasteiger partial charge on any atom is -0.349 e. The van der Waals surface area contributed by atoms with E-state index in [1.165, 1.54) is 10.5 Å². The van der Waals surface area contributed by atoms with Crippen LogP contribution in [0.2, 0.25) is 0 Å². The van der Waals surface area contributed by atoms with Crippen molar-refractivity contribution < 1.29 is 4.79 Å². The zero-order valence-corrected chi connectivity index (χ0v) is 15.2. The molecule has 5 heteroatoms. The van der Waals surface area contributed by atoms with E-state index in [1.807, 2.05) is 30.3 Å². The van der Waals surface area contributed by atoms with Crippen LogP contribution in [0, 0.1) is 0 Å². The van der Waals surface area contributed by atoms with Crippen molar-refractivity contribution in [2.45, 2.75) is 29.5 Å².